The Balaban J connectivity index is 1.89. The van der Waals surface area contributed by atoms with E-state index >= 15 is 0 Å². The molecule has 0 spiro atoms. The number of dihydropyridines is 1. The summed E-state index contributed by atoms with van der Waals surface area (Å²) in [6.07, 6.45) is 0.370. The largest absolute Gasteiger partial charge is 0.497 e. The zero-order valence-corrected chi connectivity index (χ0v) is 22.1. The van der Waals surface area contributed by atoms with Gasteiger partial charge in [0.05, 0.1) is 25.9 Å². The van der Waals surface area contributed by atoms with Crippen molar-refractivity contribution in [2.75, 3.05) is 20.3 Å². The molecule has 1 aliphatic heterocycles. The fraction of sp³-hybridized carbons (Fsp3) is 0.345. The molecule has 0 aromatic heterocycles. The molecule has 2 aromatic carbocycles. The molecule has 0 bridgehead atoms. The molecule has 2 aliphatic rings. The maximum absolute atomic E-state index is 14.3. The molecule has 1 aliphatic carbocycles. The summed E-state index contributed by atoms with van der Waals surface area (Å²) in [5.41, 5.74) is 3.47. The molecule has 1 N–H and O–H groups in total. The highest BCUT2D eigenvalue weighted by Crippen LogP contribution is 2.48. The van der Waals surface area contributed by atoms with Crippen molar-refractivity contribution in [1.82, 2.24) is 5.32 Å². The van der Waals surface area contributed by atoms with E-state index in [1.165, 1.54) is 0 Å². The second kappa shape index (κ2) is 11.2. The summed E-state index contributed by atoms with van der Waals surface area (Å²) in [5, 5.41) is 3.83. The molecule has 0 saturated carbocycles. The quantitative estimate of drug-likeness (QED) is 0.400. The van der Waals surface area contributed by atoms with E-state index in [-0.39, 0.29) is 19.0 Å². The van der Waals surface area contributed by atoms with Gasteiger partial charge >= 0.3 is 11.9 Å². The molecule has 0 amide bonds. The summed E-state index contributed by atoms with van der Waals surface area (Å²) >= 11 is 6.14. The number of carbonyl (C=O) groups excluding carboxylic acids is 3. The van der Waals surface area contributed by atoms with Crippen LogP contribution in [0.3, 0.4) is 0 Å². The number of Topliss-reactive ketones (excluding diaryl/α,β-unsaturated/α-hetero) is 1. The molecule has 0 radical (unpaired) electrons. The lowest BCUT2D eigenvalue weighted by molar-refractivity contribution is -0.152. The minimum absolute atomic E-state index is 0.144. The standard InChI is InChI=1S/C29H30ClNO6/c1-5-36-28(33)23-16(3)31-22-15-21(18-8-7-9-20(14-18)35-4)25(29(34)37-6-2)27(32)26(22)24(23)17-10-12-19(30)13-11-17/h7-14,21,24-25,31H,5-6,15H2,1-4H3/t21-,24+,25+/m0/s1. The molecule has 0 fully saturated rings. The van der Waals surface area contributed by atoms with Gasteiger partial charge in [0.2, 0.25) is 0 Å². The smallest absolute Gasteiger partial charge is 0.336 e. The predicted octanol–water partition coefficient (Wildman–Crippen LogP) is 5.06. The molecule has 1 heterocycles. The predicted molar refractivity (Wildman–Crippen MR) is 139 cm³/mol. The van der Waals surface area contributed by atoms with Crippen LogP contribution in [0, 0.1) is 5.92 Å². The third-order valence-corrected chi connectivity index (χ3v) is 7.03. The fourth-order valence-corrected chi connectivity index (χ4v) is 5.32. The van der Waals surface area contributed by atoms with Crippen LogP contribution in [0.5, 0.6) is 5.75 Å². The zero-order valence-electron chi connectivity index (χ0n) is 21.3. The third kappa shape index (κ3) is 5.14. The molecule has 37 heavy (non-hydrogen) atoms. The summed E-state index contributed by atoms with van der Waals surface area (Å²) in [6, 6.07) is 14.4. The highest BCUT2D eigenvalue weighted by Gasteiger charge is 2.49. The number of hydrogen-bond acceptors (Lipinski definition) is 7. The van der Waals surface area contributed by atoms with E-state index in [4.69, 9.17) is 25.8 Å². The van der Waals surface area contributed by atoms with Crippen LogP contribution in [0.2, 0.25) is 5.02 Å². The molecule has 4 rings (SSSR count). The number of benzene rings is 2. The minimum atomic E-state index is -1.08. The number of rotatable bonds is 7. The van der Waals surface area contributed by atoms with E-state index in [1.807, 2.05) is 24.3 Å². The van der Waals surface area contributed by atoms with E-state index < -0.39 is 29.7 Å². The molecule has 8 heteroatoms. The highest BCUT2D eigenvalue weighted by molar-refractivity contribution is 6.30. The Morgan fingerprint density at radius 3 is 2.38 bits per heavy atom. The minimum Gasteiger partial charge on any atom is -0.497 e. The number of ether oxygens (including phenoxy) is 3. The van der Waals surface area contributed by atoms with Crippen LogP contribution in [-0.4, -0.2) is 38.0 Å². The SMILES string of the molecule is CCOC(=O)C1=C(C)NC2=C(C(=O)[C@H](C(=O)OCC)[C@H](c3cccc(OC)c3)C2)[C@@H]1c1ccc(Cl)cc1. The fourth-order valence-electron chi connectivity index (χ4n) is 5.19. The Morgan fingerprint density at radius 2 is 1.73 bits per heavy atom. The zero-order chi connectivity index (χ0) is 26.7. The first kappa shape index (κ1) is 26.5. The lowest BCUT2D eigenvalue weighted by Gasteiger charge is -2.39. The van der Waals surface area contributed by atoms with Gasteiger partial charge in [-0.3, -0.25) is 9.59 Å². The van der Waals surface area contributed by atoms with Crippen LogP contribution < -0.4 is 10.1 Å². The monoisotopic (exact) mass is 523 g/mol. The molecule has 194 valence electrons. The molecule has 3 atom stereocenters. The average molecular weight is 524 g/mol. The van der Waals surface area contributed by atoms with Crippen LogP contribution in [-0.2, 0) is 23.9 Å². The summed E-state index contributed by atoms with van der Waals surface area (Å²) in [7, 11) is 1.57. The number of methoxy groups -OCH3 is 1. The Labute approximate surface area is 221 Å². The molecule has 2 aromatic rings. The Morgan fingerprint density at radius 1 is 1.03 bits per heavy atom. The van der Waals surface area contributed by atoms with Crippen LogP contribution in [0.1, 0.15) is 50.2 Å². The Hall–Kier alpha value is -3.58. The topological polar surface area (TPSA) is 90.9 Å². The number of hydrogen-bond donors (Lipinski definition) is 1. The lowest BCUT2D eigenvalue weighted by Crippen LogP contribution is -2.43. The number of ketones is 1. The summed E-state index contributed by atoms with van der Waals surface area (Å²) in [5.74, 6) is -3.14. The van der Waals surface area contributed by atoms with Crippen molar-refractivity contribution in [3.63, 3.8) is 0 Å². The number of allylic oxidation sites excluding steroid dienone is 3. The summed E-state index contributed by atoms with van der Waals surface area (Å²) in [6.45, 7) is 5.56. The van der Waals surface area contributed by atoms with Gasteiger partial charge in [-0.15, -0.1) is 0 Å². The average Bonchev–Trinajstić information content (AvgIpc) is 2.88. The first-order chi connectivity index (χ1) is 17.8. The Bertz CT molecular complexity index is 1280. The van der Waals surface area contributed by atoms with Crippen molar-refractivity contribution < 1.29 is 28.6 Å². The number of carbonyl (C=O) groups is 3. The third-order valence-electron chi connectivity index (χ3n) is 6.78. The number of nitrogens with one attached hydrogen (secondary N) is 1. The van der Waals surface area contributed by atoms with Gasteiger partial charge < -0.3 is 19.5 Å². The molecule has 0 saturated heterocycles. The first-order valence-corrected chi connectivity index (χ1v) is 12.7. The highest BCUT2D eigenvalue weighted by atomic mass is 35.5. The first-order valence-electron chi connectivity index (χ1n) is 12.3. The van der Waals surface area contributed by atoms with Gasteiger partial charge in [0.15, 0.2) is 5.78 Å². The number of halogens is 1. The maximum Gasteiger partial charge on any atom is 0.336 e. The molecule has 7 nitrogen and oxygen atoms in total. The van der Waals surface area contributed by atoms with E-state index in [0.717, 1.165) is 5.56 Å². The second-order valence-corrected chi connectivity index (χ2v) is 9.38. The van der Waals surface area contributed by atoms with Gasteiger partial charge in [0.1, 0.15) is 11.7 Å². The van der Waals surface area contributed by atoms with Crippen molar-refractivity contribution in [1.29, 1.82) is 0 Å². The number of esters is 2. The van der Waals surface area contributed by atoms with Crippen molar-refractivity contribution in [3.8, 4) is 5.75 Å². The Kier molecular flexibility index (Phi) is 8.03. The van der Waals surface area contributed by atoms with E-state index in [2.05, 4.69) is 5.32 Å². The van der Waals surface area contributed by atoms with E-state index in [0.29, 0.717) is 45.3 Å². The van der Waals surface area contributed by atoms with Crippen molar-refractivity contribution in [2.24, 2.45) is 5.92 Å². The van der Waals surface area contributed by atoms with Gasteiger partial charge in [-0.25, -0.2) is 4.79 Å². The van der Waals surface area contributed by atoms with Crippen LogP contribution in [0.15, 0.2) is 71.1 Å². The lowest BCUT2D eigenvalue weighted by atomic mass is 9.67. The van der Waals surface area contributed by atoms with Crippen LogP contribution >= 0.6 is 11.6 Å². The summed E-state index contributed by atoms with van der Waals surface area (Å²) < 4.78 is 16.1. The van der Waals surface area contributed by atoms with Gasteiger partial charge in [0, 0.05) is 33.8 Å². The van der Waals surface area contributed by atoms with Gasteiger partial charge in [-0.05, 0) is 62.6 Å². The van der Waals surface area contributed by atoms with Crippen molar-refractivity contribution in [2.45, 2.75) is 39.0 Å². The second-order valence-electron chi connectivity index (χ2n) is 8.94. The summed E-state index contributed by atoms with van der Waals surface area (Å²) in [4.78, 5) is 40.6. The van der Waals surface area contributed by atoms with Crippen molar-refractivity contribution in [3.05, 3.63) is 87.2 Å². The maximum atomic E-state index is 14.3. The van der Waals surface area contributed by atoms with E-state index in [1.54, 1.807) is 52.1 Å². The van der Waals surface area contributed by atoms with Crippen molar-refractivity contribution >= 4 is 29.3 Å². The molecular weight excluding hydrogens is 494 g/mol. The van der Waals surface area contributed by atoms with Gasteiger partial charge in [-0.1, -0.05) is 35.9 Å². The van der Waals surface area contributed by atoms with Crippen LogP contribution in [0.25, 0.3) is 0 Å². The normalized spacial score (nSPS) is 21.2. The van der Waals surface area contributed by atoms with E-state index in [9.17, 15) is 14.4 Å². The molecular formula is C29H30ClNO6. The molecule has 0 unspecified atom stereocenters. The van der Waals surface area contributed by atoms with Crippen LogP contribution in [0.4, 0.5) is 0 Å². The van der Waals surface area contributed by atoms with Gasteiger partial charge in [-0.2, -0.15) is 0 Å². The van der Waals surface area contributed by atoms with Gasteiger partial charge in [0.25, 0.3) is 0 Å².